The molecular weight excluding hydrogens is 241 g/mol. The summed E-state index contributed by atoms with van der Waals surface area (Å²) in [6.07, 6.45) is 5.95. The van der Waals surface area contributed by atoms with Gasteiger partial charge >= 0.3 is 0 Å². The minimum absolute atomic E-state index is 0.207. The number of nitrogens with one attached hydrogen (secondary N) is 1. The summed E-state index contributed by atoms with van der Waals surface area (Å²) in [4.78, 5) is 4.26. The standard InChI is InChI=1S/C15H14FN3/c1-11-7-13(5-6-15(11)16)19-10-14-4-2-3-12(8-17)9-18-14/h2-3,5-7,9,19H,4,10H2,1H3. The van der Waals surface area contributed by atoms with Gasteiger partial charge in [0, 0.05) is 24.0 Å². The number of rotatable bonds is 3. The molecule has 0 unspecified atom stereocenters. The number of halogens is 1. The van der Waals surface area contributed by atoms with Crippen LogP contribution in [-0.2, 0) is 0 Å². The van der Waals surface area contributed by atoms with Crippen LogP contribution in [0.5, 0.6) is 0 Å². The highest BCUT2D eigenvalue weighted by molar-refractivity contribution is 5.90. The second-order valence-electron chi connectivity index (χ2n) is 4.32. The first kappa shape index (κ1) is 13.0. The number of aryl methyl sites for hydroxylation is 1. The predicted octanol–water partition coefficient (Wildman–Crippen LogP) is 3.35. The number of nitrogens with zero attached hydrogens (tertiary/aromatic N) is 2. The van der Waals surface area contributed by atoms with Crippen molar-refractivity contribution in [2.75, 3.05) is 11.9 Å². The molecular formula is C15H14FN3. The molecule has 0 saturated heterocycles. The van der Waals surface area contributed by atoms with Gasteiger partial charge in [0.1, 0.15) is 11.9 Å². The van der Waals surface area contributed by atoms with E-state index in [0.29, 0.717) is 24.1 Å². The second kappa shape index (κ2) is 5.96. The highest BCUT2D eigenvalue weighted by Crippen LogP contribution is 2.14. The molecule has 0 aliphatic carbocycles. The van der Waals surface area contributed by atoms with E-state index in [1.54, 1.807) is 31.3 Å². The first-order valence-electron chi connectivity index (χ1n) is 6.01. The SMILES string of the molecule is Cc1cc(NCC2=NC=C(C#N)C=CC2)ccc1F. The van der Waals surface area contributed by atoms with Crippen molar-refractivity contribution in [3.63, 3.8) is 0 Å². The van der Waals surface area contributed by atoms with E-state index in [9.17, 15) is 4.39 Å². The quantitative estimate of drug-likeness (QED) is 0.900. The fourth-order valence-corrected chi connectivity index (χ4v) is 1.72. The molecule has 0 radical (unpaired) electrons. The van der Waals surface area contributed by atoms with Gasteiger partial charge in [-0.15, -0.1) is 0 Å². The highest BCUT2D eigenvalue weighted by Gasteiger charge is 2.03. The minimum Gasteiger partial charge on any atom is -0.380 e. The van der Waals surface area contributed by atoms with Gasteiger partial charge < -0.3 is 5.32 Å². The van der Waals surface area contributed by atoms with Gasteiger partial charge in [0.2, 0.25) is 0 Å². The van der Waals surface area contributed by atoms with Crippen LogP contribution in [0.2, 0.25) is 0 Å². The summed E-state index contributed by atoms with van der Waals surface area (Å²) in [5.74, 6) is -0.207. The van der Waals surface area contributed by atoms with Crippen molar-refractivity contribution in [2.45, 2.75) is 13.3 Å². The Bertz CT molecular complexity index is 606. The van der Waals surface area contributed by atoms with Gasteiger partial charge in [-0.2, -0.15) is 5.26 Å². The Hall–Kier alpha value is -2.41. The topological polar surface area (TPSA) is 48.2 Å². The van der Waals surface area contributed by atoms with E-state index in [2.05, 4.69) is 16.4 Å². The first-order valence-corrected chi connectivity index (χ1v) is 6.01. The summed E-state index contributed by atoms with van der Waals surface area (Å²) in [5.41, 5.74) is 2.95. The van der Waals surface area contributed by atoms with E-state index >= 15 is 0 Å². The van der Waals surface area contributed by atoms with Crippen LogP contribution in [-0.4, -0.2) is 12.3 Å². The minimum atomic E-state index is -0.207. The molecule has 0 spiro atoms. The molecule has 2 rings (SSSR count). The van der Waals surface area contributed by atoms with E-state index in [0.717, 1.165) is 11.4 Å². The molecule has 4 heteroatoms. The van der Waals surface area contributed by atoms with Crippen LogP contribution >= 0.6 is 0 Å². The number of hydrogen-bond donors (Lipinski definition) is 1. The smallest absolute Gasteiger partial charge is 0.126 e. The van der Waals surface area contributed by atoms with Crippen molar-refractivity contribution in [2.24, 2.45) is 4.99 Å². The van der Waals surface area contributed by atoms with Gasteiger partial charge in [-0.05, 0) is 36.8 Å². The molecule has 3 nitrogen and oxygen atoms in total. The van der Waals surface area contributed by atoms with Crippen LogP contribution in [0, 0.1) is 24.1 Å². The number of aliphatic imine (C=N–C) groups is 1. The Labute approximate surface area is 111 Å². The Kier molecular flexibility index (Phi) is 4.09. The van der Waals surface area contributed by atoms with Crippen LogP contribution < -0.4 is 5.32 Å². The number of hydrogen-bond acceptors (Lipinski definition) is 3. The maximum absolute atomic E-state index is 13.1. The number of nitriles is 1. The lowest BCUT2D eigenvalue weighted by molar-refractivity contribution is 0.619. The van der Waals surface area contributed by atoms with Crippen LogP contribution in [0.1, 0.15) is 12.0 Å². The lowest BCUT2D eigenvalue weighted by atomic mass is 10.2. The molecule has 0 amide bonds. The lowest BCUT2D eigenvalue weighted by Crippen LogP contribution is -2.13. The fraction of sp³-hybridized carbons (Fsp3) is 0.200. The van der Waals surface area contributed by atoms with E-state index in [4.69, 9.17) is 5.26 Å². The normalized spacial score (nSPS) is 14.2. The maximum atomic E-state index is 13.1. The van der Waals surface area contributed by atoms with Crippen LogP contribution in [0.25, 0.3) is 0 Å². The zero-order valence-corrected chi connectivity index (χ0v) is 10.7. The zero-order chi connectivity index (χ0) is 13.7. The average Bonchev–Trinajstić information content (AvgIpc) is 2.65. The van der Waals surface area contributed by atoms with Crippen molar-refractivity contribution in [1.29, 1.82) is 5.26 Å². The number of benzene rings is 1. The van der Waals surface area contributed by atoms with Crippen molar-refractivity contribution in [1.82, 2.24) is 0 Å². The summed E-state index contributed by atoms with van der Waals surface area (Å²) >= 11 is 0. The van der Waals surface area contributed by atoms with E-state index in [1.807, 2.05) is 6.08 Å². The number of anilines is 1. The predicted molar refractivity (Wildman–Crippen MR) is 74.5 cm³/mol. The van der Waals surface area contributed by atoms with Crippen molar-refractivity contribution >= 4 is 11.4 Å². The van der Waals surface area contributed by atoms with E-state index in [-0.39, 0.29) is 5.82 Å². The lowest BCUT2D eigenvalue weighted by Gasteiger charge is -2.08. The molecule has 19 heavy (non-hydrogen) atoms. The summed E-state index contributed by atoms with van der Waals surface area (Å²) in [6.45, 7) is 2.30. The first-order chi connectivity index (χ1) is 9.19. The molecule has 1 aliphatic rings. The molecule has 1 aliphatic heterocycles. The Morgan fingerprint density at radius 1 is 1.47 bits per heavy atom. The van der Waals surface area contributed by atoms with Gasteiger partial charge in [-0.1, -0.05) is 6.08 Å². The van der Waals surface area contributed by atoms with Crippen LogP contribution in [0.15, 0.2) is 47.1 Å². The van der Waals surface area contributed by atoms with Crippen LogP contribution in [0.4, 0.5) is 10.1 Å². The molecule has 1 aromatic rings. The maximum Gasteiger partial charge on any atom is 0.126 e. The molecule has 0 aromatic heterocycles. The Balaban J connectivity index is 2.01. The number of allylic oxidation sites excluding steroid dienone is 3. The molecule has 1 N–H and O–H groups in total. The fourth-order valence-electron chi connectivity index (χ4n) is 1.72. The van der Waals surface area contributed by atoms with Gasteiger partial charge in [0.15, 0.2) is 0 Å². The molecule has 0 fully saturated rings. The Morgan fingerprint density at radius 2 is 2.32 bits per heavy atom. The van der Waals surface area contributed by atoms with Crippen molar-refractivity contribution in [3.8, 4) is 6.07 Å². The zero-order valence-electron chi connectivity index (χ0n) is 10.7. The van der Waals surface area contributed by atoms with Gasteiger partial charge in [0.05, 0.1) is 12.1 Å². The average molecular weight is 255 g/mol. The molecule has 0 atom stereocenters. The highest BCUT2D eigenvalue weighted by atomic mass is 19.1. The second-order valence-corrected chi connectivity index (χ2v) is 4.32. The molecule has 0 bridgehead atoms. The third-order valence-corrected chi connectivity index (χ3v) is 2.82. The molecule has 96 valence electrons. The monoisotopic (exact) mass is 255 g/mol. The summed E-state index contributed by atoms with van der Waals surface area (Å²) < 4.78 is 13.1. The summed E-state index contributed by atoms with van der Waals surface area (Å²) in [6, 6.07) is 6.96. The molecule has 0 saturated carbocycles. The van der Waals surface area contributed by atoms with Crippen molar-refractivity contribution in [3.05, 3.63) is 53.5 Å². The summed E-state index contributed by atoms with van der Waals surface area (Å²) in [7, 11) is 0. The van der Waals surface area contributed by atoms with E-state index < -0.39 is 0 Å². The summed E-state index contributed by atoms with van der Waals surface area (Å²) in [5, 5.41) is 12.0. The molecule has 1 aromatic carbocycles. The van der Waals surface area contributed by atoms with Crippen LogP contribution in [0.3, 0.4) is 0 Å². The van der Waals surface area contributed by atoms with Gasteiger partial charge in [-0.3, -0.25) is 4.99 Å². The third-order valence-electron chi connectivity index (χ3n) is 2.82. The Morgan fingerprint density at radius 3 is 3.05 bits per heavy atom. The third kappa shape index (κ3) is 3.52. The van der Waals surface area contributed by atoms with Crippen molar-refractivity contribution < 1.29 is 4.39 Å². The van der Waals surface area contributed by atoms with Gasteiger partial charge in [-0.25, -0.2) is 4.39 Å². The molecule has 1 heterocycles. The largest absolute Gasteiger partial charge is 0.380 e. The van der Waals surface area contributed by atoms with Gasteiger partial charge in [0.25, 0.3) is 0 Å². The van der Waals surface area contributed by atoms with E-state index in [1.165, 1.54) is 6.07 Å².